The van der Waals surface area contributed by atoms with Gasteiger partial charge >= 0.3 is 0 Å². The standard InChI is InChI=1S/C27H27N2.C25H25N2.C7H8O3S.C6H6O3S/c1-2-18-29-25-12-6-4-10-23(25)27(24-11-5-7-13-26(24)29)21-14-16-22(17-15-21)28-19-8-3-9-20-28;1-26-23-11-5-3-9-21(23)25(22-10-4-6-12-24(22)26)19-13-15-20(16-14-19)27-17-7-2-8-18-27;1-6-2-4-7(5-3-6)11(8,9)10;7-10(8,9)6-4-2-1-3-5-6/h2,4-7,10-17H,1,3,8-9,18-20H2;3-6,9-16H,2,7-8,17-18H2,1H3;2-5H,1H3,(H,8,9,10);1-5H,(H,7,8,9)/q2*+1;;/p-2. The zero-order chi connectivity index (χ0) is 53.9. The molecule has 4 heterocycles. The summed E-state index contributed by atoms with van der Waals surface area (Å²) in [5.74, 6) is 0. The fraction of sp³-hybridized carbons (Fsp3) is 0.200. The lowest BCUT2D eigenvalue weighted by Crippen LogP contribution is -2.34. The maximum atomic E-state index is 10.4. The van der Waals surface area contributed by atoms with Crippen LogP contribution in [0.3, 0.4) is 0 Å². The second-order valence-corrected chi connectivity index (χ2v) is 22.3. The fourth-order valence-corrected chi connectivity index (χ4v) is 11.5. The number of fused-ring (bicyclic) bond motifs is 4. The second kappa shape index (κ2) is 24.5. The van der Waals surface area contributed by atoms with E-state index in [1.165, 1.54) is 178 Å². The van der Waals surface area contributed by atoms with Gasteiger partial charge in [0.25, 0.3) is 0 Å². The zero-order valence-corrected chi connectivity index (χ0v) is 45.3. The van der Waals surface area contributed by atoms with Crippen LogP contribution in [0.15, 0.2) is 223 Å². The van der Waals surface area contributed by atoms with E-state index in [-0.39, 0.29) is 9.79 Å². The van der Waals surface area contributed by atoms with E-state index in [2.05, 4.69) is 178 Å². The van der Waals surface area contributed by atoms with Crippen molar-refractivity contribution in [2.75, 3.05) is 36.0 Å². The highest BCUT2D eigenvalue weighted by Crippen LogP contribution is 2.37. The molecule has 2 fully saturated rings. The van der Waals surface area contributed by atoms with Gasteiger partial charge in [0.05, 0.1) is 31.3 Å². The van der Waals surface area contributed by atoms with Gasteiger partial charge in [-0.15, -0.1) is 0 Å². The van der Waals surface area contributed by atoms with Crippen LogP contribution in [0.5, 0.6) is 0 Å². The number of para-hydroxylation sites is 4. The molecule has 12 heteroatoms. The molecule has 0 unspecified atom stereocenters. The summed E-state index contributed by atoms with van der Waals surface area (Å²) in [4.78, 5) is 4.68. The Morgan fingerprint density at radius 1 is 0.442 bits per heavy atom. The highest BCUT2D eigenvalue weighted by Gasteiger charge is 2.22. The number of piperidine rings is 2. The van der Waals surface area contributed by atoms with Crippen molar-refractivity contribution in [3.05, 3.63) is 218 Å². The molecule has 77 heavy (non-hydrogen) atoms. The number of nitrogens with zero attached hydrogens (tertiary/aromatic N) is 4. The summed E-state index contributed by atoms with van der Waals surface area (Å²) in [6, 6.07) is 66.3. The van der Waals surface area contributed by atoms with Crippen LogP contribution in [-0.4, -0.2) is 52.1 Å². The highest BCUT2D eigenvalue weighted by atomic mass is 32.2. The van der Waals surface area contributed by atoms with Crippen LogP contribution in [0.1, 0.15) is 44.1 Å². The van der Waals surface area contributed by atoms with E-state index in [0.29, 0.717) is 0 Å². The maximum absolute atomic E-state index is 10.4. The zero-order valence-electron chi connectivity index (χ0n) is 43.7. The lowest BCUT2D eigenvalue weighted by atomic mass is 9.95. The van der Waals surface area contributed by atoms with E-state index in [0.717, 1.165) is 12.1 Å². The van der Waals surface area contributed by atoms with Crippen molar-refractivity contribution in [2.45, 2.75) is 61.8 Å². The second-order valence-electron chi connectivity index (χ2n) is 19.5. The minimum absolute atomic E-state index is 0.178. The molecule has 0 aliphatic carbocycles. The quantitative estimate of drug-likeness (QED) is 0.0637. The van der Waals surface area contributed by atoms with Crippen molar-refractivity contribution in [2.24, 2.45) is 7.05 Å². The van der Waals surface area contributed by atoms with Crippen LogP contribution in [0.4, 0.5) is 11.4 Å². The normalized spacial score (nSPS) is 13.7. The summed E-state index contributed by atoms with van der Waals surface area (Å²) in [5.41, 5.74) is 13.9. The smallest absolute Gasteiger partial charge is 0.213 e. The Morgan fingerprint density at radius 3 is 1.14 bits per heavy atom. The summed E-state index contributed by atoms with van der Waals surface area (Å²) in [6.45, 7) is 11.3. The molecular formula is C65H64N4O6S2. The SMILES string of the molecule is C=CC[n+]1c2ccccc2c(-c2ccc(N3CCCCC3)cc2)c2ccccc21.C[n+]1c2ccccc2c(-c2ccc(N3CCCCC3)cc2)c2ccccc21.Cc1ccc(S(=O)(=O)[O-])cc1.O=S(=O)([O-])c1ccccc1. The monoisotopic (exact) mass is 1060 g/mol. The molecule has 8 aromatic carbocycles. The molecule has 2 aromatic heterocycles. The number of aryl methyl sites for hydroxylation is 2. The Kier molecular flexibility index (Phi) is 17.2. The Hall–Kier alpha value is -7.74. The number of hydrogen-bond acceptors (Lipinski definition) is 8. The molecule has 392 valence electrons. The molecule has 2 aliphatic heterocycles. The van der Waals surface area contributed by atoms with E-state index in [4.69, 9.17) is 0 Å². The van der Waals surface area contributed by atoms with Gasteiger partial charge in [0.15, 0.2) is 6.54 Å². The number of pyridine rings is 2. The van der Waals surface area contributed by atoms with Crippen molar-refractivity contribution < 1.29 is 35.1 Å². The van der Waals surface area contributed by atoms with Gasteiger partial charge in [-0.05, 0) is 135 Å². The molecule has 0 amide bonds. The first-order valence-electron chi connectivity index (χ1n) is 26.3. The average Bonchev–Trinajstić information content (AvgIpc) is 3.48. The predicted octanol–water partition coefficient (Wildman–Crippen LogP) is 13.1. The number of benzene rings is 8. The molecule has 0 atom stereocenters. The first kappa shape index (κ1) is 54.1. The molecule has 0 N–H and O–H groups in total. The third-order valence-corrected chi connectivity index (χ3v) is 16.1. The summed E-state index contributed by atoms with van der Waals surface area (Å²) in [7, 11) is -6.36. The number of rotatable bonds is 8. The summed E-state index contributed by atoms with van der Waals surface area (Å²) < 4.78 is 66.7. The summed E-state index contributed by atoms with van der Waals surface area (Å²) in [5, 5.41) is 5.20. The van der Waals surface area contributed by atoms with Crippen LogP contribution < -0.4 is 18.9 Å². The van der Waals surface area contributed by atoms with Crippen molar-refractivity contribution in [1.82, 2.24) is 0 Å². The molecule has 2 aliphatic rings. The van der Waals surface area contributed by atoms with Gasteiger partial charge in [-0.2, -0.15) is 9.13 Å². The van der Waals surface area contributed by atoms with Gasteiger partial charge in [0, 0.05) is 72.9 Å². The number of aromatic nitrogens is 2. The number of anilines is 2. The Labute approximate surface area is 453 Å². The third kappa shape index (κ3) is 12.8. The van der Waals surface area contributed by atoms with Crippen LogP contribution in [-0.2, 0) is 33.8 Å². The first-order valence-corrected chi connectivity index (χ1v) is 29.1. The number of allylic oxidation sites excluding steroid dienone is 1. The molecule has 0 spiro atoms. The van der Waals surface area contributed by atoms with E-state index in [1.807, 2.05) is 13.0 Å². The van der Waals surface area contributed by atoms with Crippen molar-refractivity contribution >= 4 is 75.2 Å². The van der Waals surface area contributed by atoms with Gasteiger partial charge < -0.3 is 18.9 Å². The largest absolute Gasteiger partial charge is 0.744 e. The van der Waals surface area contributed by atoms with Crippen LogP contribution in [0, 0.1) is 6.92 Å². The van der Waals surface area contributed by atoms with Crippen molar-refractivity contribution in [3.8, 4) is 22.3 Å². The van der Waals surface area contributed by atoms with Crippen LogP contribution in [0.2, 0.25) is 0 Å². The minimum atomic E-state index is -4.27. The predicted molar refractivity (Wildman–Crippen MR) is 311 cm³/mol. The summed E-state index contributed by atoms with van der Waals surface area (Å²) >= 11 is 0. The summed E-state index contributed by atoms with van der Waals surface area (Å²) in [6.07, 6.45) is 9.94. The Bertz CT molecular complexity index is 3770. The average molecular weight is 1060 g/mol. The molecule has 12 rings (SSSR count). The minimum Gasteiger partial charge on any atom is -0.744 e. The first-order chi connectivity index (χ1) is 37.3. The van der Waals surface area contributed by atoms with E-state index in [9.17, 15) is 25.9 Å². The van der Waals surface area contributed by atoms with Gasteiger partial charge in [-0.3, -0.25) is 0 Å². The molecule has 0 radical (unpaired) electrons. The van der Waals surface area contributed by atoms with E-state index < -0.39 is 20.2 Å². The maximum Gasteiger partial charge on any atom is 0.213 e. The molecule has 2 saturated heterocycles. The number of hydrogen-bond donors (Lipinski definition) is 0. The molecule has 10 aromatic rings. The van der Waals surface area contributed by atoms with Gasteiger partial charge in [-0.1, -0.05) is 115 Å². The molecule has 0 bridgehead atoms. The van der Waals surface area contributed by atoms with Crippen molar-refractivity contribution in [3.63, 3.8) is 0 Å². The lowest BCUT2D eigenvalue weighted by Gasteiger charge is -2.29. The van der Waals surface area contributed by atoms with Crippen LogP contribution in [0.25, 0.3) is 65.9 Å². The molecular weight excluding hydrogens is 997 g/mol. The topological polar surface area (TPSA) is 129 Å². The van der Waals surface area contributed by atoms with Gasteiger partial charge in [0.2, 0.25) is 22.1 Å². The van der Waals surface area contributed by atoms with Gasteiger partial charge in [-0.25, -0.2) is 16.8 Å². The van der Waals surface area contributed by atoms with E-state index in [1.54, 1.807) is 18.2 Å². The fourth-order valence-electron chi connectivity index (χ4n) is 10.6. The van der Waals surface area contributed by atoms with Gasteiger partial charge in [0.1, 0.15) is 27.3 Å². The van der Waals surface area contributed by atoms with Crippen LogP contribution >= 0.6 is 0 Å². The third-order valence-electron chi connectivity index (χ3n) is 14.4. The van der Waals surface area contributed by atoms with E-state index >= 15 is 0 Å². The Morgan fingerprint density at radius 2 is 0.779 bits per heavy atom. The Balaban J connectivity index is 0.000000138. The molecule has 0 saturated carbocycles. The van der Waals surface area contributed by atoms with Crippen molar-refractivity contribution in [1.29, 1.82) is 0 Å². The lowest BCUT2D eigenvalue weighted by molar-refractivity contribution is -0.634. The molecule has 10 nitrogen and oxygen atoms in total. The highest BCUT2D eigenvalue weighted by molar-refractivity contribution is 7.86.